The number of benzene rings is 1. The van der Waals surface area contributed by atoms with Gasteiger partial charge in [-0.15, -0.1) is 0 Å². The summed E-state index contributed by atoms with van der Waals surface area (Å²) in [4.78, 5) is 15.4. The first-order chi connectivity index (χ1) is 9.11. The lowest BCUT2D eigenvalue weighted by Crippen LogP contribution is -2.14. The number of anilines is 1. The Labute approximate surface area is 108 Å². The molecule has 5 nitrogen and oxygen atoms in total. The largest absolute Gasteiger partial charge is 0.506 e. The number of amides is 1. The molecular formula is C13H11FN2O3. The summed E-state index contributed by atoms with van der Waals surface area (Å²) in [6, 6.07) is 5.63. The highest BCUT2D eigenvalue weighted by atomic mass is 19.1. The maximum Gasteiger partial charge on any atom is 0.258 e. The number of aromatic nitrogens is 1. The van der Waals surface area contributed by atoms with Gasteiger partial charge in [0.05, 0.1) is 24.6 Å². The van der Waals surface area contributed by atoms with E-state index in [0.29, 0.717) is 5.75 Å². The van der Waals surface area contributed by atoms with Crippen LogP contribution in [0.3, 0.4) is 0 Å². The molecule has 0 spiro atoms. The van der Waals surface area contributed by atoms with E-state index in [0.717, 1.165) is 6.20 Å². The Bertz CT molecular complexity index is 617. The van der Waals surface area contributed by atoms with Gasteiger partial charge in [-0.25, -0.2) is 4.39 Å². The van der Waals surface area contributed by atoms with Gasteiger partial charge in [-0.1, -0.05) is 0 Å². The smallest absolute Gasteiger partial charge is 0.258 e. The minimum Gasteiger partial charge on any atom is -0.506 e. The van der Waals surface area contributed by atoms with Gasteiger partial charge in [-0.3, -0.25) is 9.78 Å². The van der Waals surface area contributed by atoms with Crippen LogP contribution in [-0.4, -0.2) is 23.1 Å². The predicted octanol–water partition coefficient (Wildman–Crippen LogP) is 2.19. The van der Waals surface area contributed by atoms with Crippen LogP contribution in [0.1, 0.15) is 10.4 Å². The summed E-state index contributed by atoms with van der Waals surface area (Å²) in [6.45, 7) is 0. The first-order valence-corrected chi connectivity index (χ1v) is 5.39. The second-order valence-electron chi connectivity index (χ2n) is 3.69. The molecule has 1 aromatic carbocycles. The molecule has 0 bridgehead atoms. The van der Waals surface area contributed by atoms with Crippen molar-refractivity contribution >= 4 is 11.6 Å². The Balaban J connectivity index is 2.22. The summed E-state index contributed by atoms with van der Waals surface area (Å²) >= 11 is 0. The van der Waals surface area contributed by atoms with E-state index in [1.165, 1.54) is 31.5 Å². The fourth-order valence-corrected chi connectivity index (χ4v) is 1.49. The molecule has 0 aliphatic heterocycles. The summed E-state index contributed by atoms with van der Waals surface area (Å²) in [5.74, 6) is -1.11. The maximum absolute atomic E-state index is 13.4. The summed E-state index contributed by atoms with van der Waals surface area (Å²) in [5.41, 5.74) is 0.0206. The van der Waals surface area contributed by atoms with Crippen molar-refractivity contribution in [3.8, 4) is 11.5 Å². The number of carbonyl (C=O) groups is 1. The number of rotatable bonds is 3. The van der Waals surface area contributed by atoms with Crippen molar-refractivity contribution < 1.29 is 19.0 Å². The predicted molar refractivity (Wildman–Crippen MR) is 66.8 cm³/mol. The summed E-state index contributed by atoms with van der Waals surface area (Å²) in [5, 5.41) is 12.1. The van der Waals surface area contributed by atoms with Crippen molar-refractivity contribution in [3.63, 3.8) is 0 Å². The Morgan fingerprint density at radius 3 is 2.84 bits per heavy atom. The zero-order valence-corrected chi connectivity index (χ0v) is 10.1. The summed E-state index contributed by atoms with van der Waals surface area (Å²) in [6.07, 6.45) is 2.26. The van der Waals surface area contributed by atoms with E-state index in [9.17, 15) is 14.3 Å². The molecule has 2 rings (SSSR count). The molecular weight excluding hydrogens is 251 g/mol. The molecule has 1 amide bonds. The van der Waals surface area contributed by atoms with Crippen LogP contribution in [0.4, 0.5) is 10.1 Å². The van der Waals surface area contributed by atoms with Crippen molar-refractivity contribution in [2.45, 2.75) is 0 Å². The molecule has 0 saturated carbocycles. The summed E-state index contributed by atoms with van der Waals surface area (Å²) < 4.78 is 18.3. The number of methoxy groups -OCH3 is 1. The number of phenolic OH excluding ortho intramolecular Hbond substituents is 1. The zero-order valence-electron chi connectivity index (χ0n) is 10.1. The topological polar surface area (TPSA) is 71.5 Å². The average Bonchev–Trinajstić information content (AvgIpc) is 2.41. The quantitative estimate of drug-likeness (QED) is 0.832. The molecule has 0 aliphatic carbocycles. The van der Waals surface area contributed by atoms with Gasteiger partial charge in [0.2, 0.25) is 0 Å². The van der Waals surface area contributed by atoms with Crippen LogP contribution in [0.25, 0.3) is 0 Å². The lowest BCUT2D eigenvalue weighted by Gasteiger charge is -2.09. The Hall–Kier alpha value is -2.63. The van der Waals surface area contributed by atoms with Gasteiger partial charge in [0.25, 0.3) is 5.91 Å². The number of phenols is 1. The van der Waals surface area contributed by atoms with Gasteiger partial charge < -0.3 is 15.2 Å². The van der Waals surface area contributed by atoms with E-state index in [-0.39, 0.29) is 17.0 Å². The molecule has 98 valence electrons. The molecule has 0 aliphatic rings. The first-order valence-electron chi connectivity index (χ1n) is 5.39. The number of ether oxygens (including phenoxy) is 1. The Morgan fingerprint density at radius 1 is 1.42 bits per heavy atom. The Morgan fingerprint density at radius 2 is 2.21 bits per heavy atom. The number of hydrogen-bond acceptors (Lipinski definition) is 4. The van der Waals surface area contributed by atoms with Crippen molar-refractivity contribution in [1.29, 1.82) is 0 Å². The minimum atomic E-state index is -0.729. The molecule has 0 saturated heterocycles. The molecule has 0 fully saturated rings. The van der Waals surface area contributed by atoms with Crippen molar-refractivity contribution in [1.82, 2.24) is 4.98 Å². The number of aromatic hydroxyl groups is 1. The molecule has 6 heteroatoms. The molecule has 2 aromatic rings. The molecule has 19 heavy (non-hydrogen) atoms. The van der Waals surface area contributed by atoms with Crippen LogP contribution in [-0.2, 0) is 0 Å². The number of halogens is 1. The average molecular weight is 262 g/mol. The lowest BCUT2D eigenvalue weighted by molar-refractivity contribution is 0.102. The van der Waals surface area contributed by atoms with Gasteiger partial charge in [0.15, 0.2) is 5.82 Å². The number of nitrogens with one attached hydrogen (secondary N) is 1. The van der Waals surface area contributed by atoms with E-state index in [1.54, 1.807) is 6.07 Å². The third-order valence-corrected chi connectivity index (χ3v) is 2.47. The SMILES string of the molecule is COc1ccc(NC(=O)c2ccncc2F)c(O)c1. The highest BCUT2D eigenvalue weighted by Crippen LogP contribution is 2.28. The van der Waals surface area contributed by atoms with E-state index in [1.807, 2.05) is 0 Å². The van der Waals surface area contributed by atoms with Crippen molar-refractivity contribution in [2.75, 3.05) is 12.4 Å². The highest BCUT2D eigenvalue weighted by Gasteiger charge is 2.13. The molecule has 0 radical (unpaired) electrons. The normalized spacial score (nSPS) is 10.0. The number of hydrogen-bond donors (Lipinski definition) is 2. The lowest BCUT2D eigenvalue weighted by atomic mass is 10.2. The third-order valence-electron chi connectivity index (χ3n) is 2.47. The molecule has 0 atom stereocenters. The third kappa shape index (κ3) is 2.79. The van der Waals surface area contributed by atoms with Crippen LogP contribution in [0.5, 0.6) is 11.5 Å². The van der Waals surface area contributed by atoms with Crippen molar-refractivity contribution in [2.24, 2.45) is 0 Å². The fourth-order valence-electron chi connectivity index (χ4n) is 1.49. The van der Waals surface area contributed by atoms with Gasteiger partial charge in [-0.2, -0.15) is 0 Å². The van der Waals surface area contributed by atoms with E-state index >= 15 is 0 Å². The van der Waals surface area contributed by atoms with Gasteiger partial charge in [0.1, 0.15) is 11.5 Å². The van der Waals surface area contributed by atoms with Gasteiger partial charge in [-0.05, 0) is 18.2 Å². The van der Waals surface area contributed by atoms with Crippen LogP contribution < -0.4 is 10.1 Å². The first kappa shape index (κ1) is 12.8. The number of nitrogens with zero attached hydrogens (tertiary/aromatic N) is 1. The van der Waals surface area contributed by atoms with Gasteiger partial charge >= 0.3 is 0 Å². The van der Waals surface area contributed by atoms with E-state index < -0.39 is 11.7 Å². The second kappa shape index (κ2) is 5.34. The molecule has 0 unspecified atom stereocenters. The van der Waals surface area contributed by atoms with Crippen LogP contribution in [0.2, 0.25) is 0 Å². The van der Waals surface area contributed by atoms with Crippen LogP contribution in [0, 0.1) is 5.82 Å². The Kier molecular flexibility index (Phi) is 3.61. The van der Waals surface area contributed by atoms with Crippen molar-refractivity contribution in [3.05, 3.63) is 48.0 Å². The monoisotopic (exact) mass is 262 g/mol. The summed E-state index contributed by atoms with van der Waals surface area (Å²) in [7, 11) is 1.46. The van der Waals surface area contributed by atoms with E-state index in [4.69, 9.17) is 4.74 Å². The second-order valence-corrected chi connectivity index (χ2v) is 3.69. The van der Waals surface area contributed by atoms with Crippen LogP contribution in [0.15, 0.2) is 36.7 Å². The maximum atomic E-state index is 13.4. The molecule has 2 N–H and O–H groups in total. The highest BCUT2D eigenvalue weighted by molar-refractivity contribution is 6.05. The number of pyridine rings is 1. The van der Waals surface area contributed by atoms with Gasteiger partial charge in [0, 0.05) is 12.3 Å². The molecule has 1 aromatic heterocycles. The zero-order chi connectivity index (χ0) is 13.8. The minimum absolute atomic E-state index is 0.148. The molecule has 1 heterocycles. The van der Waals surface area contributed by atoms with Crippen LogP contribution >= 0.6 is 0 Å². The fraction of sp³-hybridized carbons (Fsp3) is 0.0769. The van der Waals surface area contributed by atoms with E-state index in [2.05, 4.69) is 10.3 Å². The number of carbonyl (C=O) groups excluding carboxylic acids is 1. The standard InChI is InChI=1S/C13H11FN2O3/c1-19-8-2-3-11(12(17)6-8)16-13(18)9-4-5-15-7-10(9)14/h2-7,17H,1H3,(H,16,18).